The third-order valence-electron chi connectivity index (χ3n) is 4.50. The Morgan fingerprint density at radius 1 is 0.800 bits per heavy atom. The maximum atomic E-state index is 5.74. The van der Waals surface area contributed by atoms with E-state index in [0.29, 0.717) is 11.6 Å². The topological polar surface area (TPSA) is 35.0 Å². The van der Waals surface area contributed by atoms with Gasteiger partial charge in [-0.3, -0.25) is 0 Å². The van der Waals surface area contributed by atoms with Gasteiger partial charge in [0.05, 0.1) is 11.4 Å². The summed E-state index contributed by atoms with van der Waals surface area (Å²) in [7, 11) is 0. The fraction of sp³-hybridized carbons (Fsp3) is 0.0370. The van der Waals surface area contributed by atoms with E-state index in [9.17, 15) is 0 Å². The maximum Gasteiger partial charge on any atom is 0.160 e. The minimum Gasteiger partial charge on any atom is -0.480 e. The number of aromatic nitrogens is 2. The molecule has 3 nitrogen and oxygen atoms in total. The van der Waals surface area contributed by atoms with E-state index in [1.165, 1.54) is 0 Å². The first kappa shape index (κ1) is 19.2. The van der Waals surface area contributed by atoms with Crippen LogP contribution in [0.25, 0.3) is 34.8 Å². The Morgan fingerprint density at radius 2 is 1.50 bits per heavy atom. The number of terminal acetylenes is 1. The first-order valence-electron chi connectivity index (χ1n) is 9.67. The fourth-order valence-electron chi connectivity index (χ4n) is 3.07. The van der Waals surface area contributed by atoms with Crippen LogP contribution in [0.1, 0.15) is 11.3 Å². The molecule has 0 amide bonds. The molecule has 1 heterocycles. The van der Waals surface area contributed by atoms with Crippen LogP contribution < -0.4 is 4.74 Å². The highest BCUT2D eigenvalue weighted by Crippen LogP contribution is 2.30. The largest absolute Gasteiger partial charge is 0.480 e. The van der Waals surface area contributed by atoms with Gasteiger partial charge in [-0.15, -0.1) is 6.42 Å². The zero-order chi connectivity index (χ0) is 20.6. The minimum atomic E-state index is 0.203. The standard InChI is InChI=1S/C27H20N2O/c1-2-19-30-26-16-10-9-15-24(26)25-20-23(18-17-21-11-5-3-6-12-21)28-27(29-25)22-13-7-4-8-14-22/h1,3-18,20H,19H2/b18-17+. The minimum absolute atomic E-state index is 0.203. The molecule has 0 unspecified atom stereocenters. The molecule has 0 aliphatic carbocycles. The van der Waals surface area contributed by atoms with Gasteiger partial charge < -0.3 is 4.74 Å². The van der Waals surface area contributed by atoms with Gasteiger partial charge in [-0.2, -0.15) is 0 Å². The molecule has 144 valence electrons. The van der Waals surface area contributed by atoms with Crippen molar-refractivity contribution in [1.29, 1.82) is 0 Å². The third kappa shape index (κ3) is 4.63. The molecule has 0 fully saturated rings. The molecule has 0 saturated carbocycles. The van der Waals surface area contributed by atoms with Crippen LogP contribution in [0, 0.1) is 12.3 Å². The van der Waals surface area contributed by atoms with E-state index in [1.807, 2.05) is 91.0 Å². The van der Waals surface area contributed by atoms with E-state index in [-0.39, 0.29) is 6.61 Å². The maximum absolute atomic E-state index is 5.74. The summed E-state index contributed by atoms with van der Waals surface area (Å²) in [4.78, 5) is 9.59. The van der Waals surface area contributed by atoms with Crippen LogP contribution in [-0.4, -0.2) is 16.6 Å². The van der Waals surface area contributed by atoms with Gasteiger partial charge in [-0.25, -0.2) is 9.97 Å². The molecule has 4 rings (SSSR count). The number of hydrogen-bond donors (Lipinski definition) is 0. The number of nitrogens with zero attached hydrogens (tertiary/aromatic N) is 2. The summed E-state index contributed by atoms with van der Waals surface area (Å²) in [5, 5.41) is 0. The molecule has 1 aromatic heterocycles. The predicted octanol–water partition coefficient (Wildman–Crippen LogP) is 5.99. The van der Waals surface area contributed by atoms with Crippen LogP contribution in [-0.2, 0) is 0 Å². The Labute approximate surface area is 176 Å². The lowest BCUT2D eigenvalue weighted by Crippen LogP contribution is -1.99. The first-order valence-corrected chi connectivity index (χ1v) is 9.67. The molecule has 3 heteroatoms. The van der Waals surface area contributed by atoms with Crippen molar-refractivity contribution in [2.75, 3.05) is 6.61 Å². The van der Waals surface area contributed by atoms with Gasteiger partial charge in [-0.05, 0) is 29.8 Å². The van der Waals surface area contributed by atoms with E-state index >= 15 is 0 Å². The molecular weight excluding hydrogens is 368 g/mol. The summed E-state index contributed by atoms with van der Waals surface area (Å²) in [5.74, 6) is 3.88. The Kier molecular flexibility index (Phi) is 5.98. The van der Waals surface area contributed by atoms with Gasteiger partial charge in [0, 0.05) is 11.1 Å². The van der Waals surface area contributed by atoms with E-state index in [0.717, 1.165) is 28.1 Å². The van der Waals surface area contributed by atoms with E-state index < -0.39 is 0 Å². The summed E-state index contributed by atoms with van der Waals surface area (Å²) >= 11 is 0. The molecular formula is C27H20N2O. The molecule has 30 heavy (non-hydrogen) atoms. The van der Waals surface area contributed by atoms with Crippen molar-refractivity contribution < 1.29 is 4.74 Å². The number of para-hydroxylation sites is 1. The number of benzene rings is 3. The van der Waals surface area contributed by atoms with Gasteiger partial charge in [-0.1, -0.05) is 84.8 Å². The van der Waals surface area contributed by atoms with Crippen molar-refractivity contribution in [3.8, 4) is 40.7 Å². The quantitative estimate of drug-likeness (QED) is 0.380. The highest BCUT2D eigenvalue weighted by Gasteiger charge is 2.11. The lowest BCUT2D eigenvalue weighted by molar-refractivity contribution is 0.372. The van der Waals surface area contributed by atoms with Gasteiger partial charge in [0.15, 0.2) is 5.82 Å². The molecule has 0 atom stereocenters. The first-order chi connectivity index (χ1) is 14.8. The van der Waals surface area contributed by atoms with Crippen LogP contribution in [0.5, 0.6) is 5.75 Å². The second-order valence-corrected chi connectivity index (χ2v) is 6.60. The second-order valence-electron chi connectivity index (χ2n) is 6.60. The van der Waals surface area contributed by atoms with Crippen LogP contribution >= 0.6 is 0 Å². The Balaban J connectivity index is 1.81. The summed E-state index contributed by atoms with van der Waals surface area (Å²) in [6.07, 6.45) is 9.42. The summed E-state index contributed by atoms with van der Waals surface area (Å²) < 4.78 is 5.74. The highest BCUT2D eigenvalue weighted by atomic mass is 16.5. The van der Waals surface area contributed by atoms with Crippen molar-refractivity contribution in [3.63, 3.8) is 0 Å². The molecule has 3 aromatic carbocycles. The van der Waals surface area contributed by atoms with E-state index in [1.54, 1.807) is 0 Å². The van der Waals surface area contributed by atoms with Crippen molar-refractivity contribution in [2.45, 2.75) is 0 Å². The Hall–Kier alpha value is -4.16. The molecule has 0 N–H and O–H groups in total. The van der Waals surface area contributed by atoms with Crippen LogP contribution in [0.3, 0.4) is 0 Å². The molecule has 0 aliphatic rings. The highest BCUT2D eigenvalue weighted by molar-refractivity contribution is 5.75. The summed E-state index contributed by atoms with van der Waals surface area (Å²) in [5.41, 5.74) is 4.53. The van der Waals surface area contributed by atoms with E-state index in [2.05, 4.69) is 18.1 Å². The monoisotopic (exact) mass is 388 g/mol. The van der Waals surface area contributed by atoms with Crippen molar-refractivity contribution >= 4 is 12.2 Å². The predicted molar refractivity (Wildman–Crippen MR) is 123 cm³/mol. The average molecular weight is 388 g/mol. The van der Waals surface area contributed by atoms with Gasteiger partial charge in [0.25, 0.3) is 0 Å². The Morgan fingerprint density at radius 3 is 2.27 bits per heavy atom. The number of hydrogen-bond acceptors (Lipinski definition) is 3. The van der Waals surface area contributed by atoms with Crippen molar-refractivity contribution in [1.82, 2.24) is 9.97 Å². The second kappa shape index (κ2) is 9.36. The third-order valence-corrected chi connectivity index (χ3v) is 4.50. The molecule has 0 radical (unpaired) electrons. The molecule has 4 aromatic rings. The van der Waals surface area contributed by atoms with Gasteiger partial charge in [0.2, 0.25) is 0 Å². The lowest BCUT2D eigenvalue weighted by Gasteiger charge is -2.11. The fourth-order valence-corrected chi connectivity index (χ4v) is 3.07. The van der Waals surface area contributed by atoms with Gasteiger partial charge >= 0.3 is 0 Å². The Bertz CT molecular complexity index is 1190. The van der Waals surface area contributed by atoms with Crippen molar-refractivity contribution in [3.05, 3.63) is 102 Å². The smallest absolute Gasteiger partial charge is 0.160 e. The zero-order valence-electron chi connectivity index (χ0n) is 16.4. The number of ether oxygens (including phenoxy) is 1. The zero-order valence-corrected chi connectivity index (χ0v) is 16.4. The SMILES string of the molecule is C#CCOc1ccccc1-c1cc(/C=C/c2ccccc2)nc(-c2ccccc2)n1. The van der Waals surface area contributed by atoms with Crippen LogP contribution in [0.2, 0.25) is 0 Å². The number of rotatable bonds is 6. The summed E-state index contributed by atoms with van der Waals surface area (Å²) in [6, 6.07) is 29.8. The molecule has 0 saturated heterocycles. The molecule has 0 aliphatic heterocycles. The summed E-state index contributed by atoms with van der Waals surface area (Å²) in [6.45, 7) is 0.203. The molecule has 0 bridgehead atoms. The van der Waals surface area contributed by atoms with Gasteiger partial charge in [0.1, 0.15) is 12.4 Å². The van der Waals surface area contributed by atoms with Crippen LogP contribution in [0.4, 0.5) is 0 Å². The van der Waals surface area contributed by atoms with Crippen LogP contribution in [0.15, 0.2) is 91.0 Å². The average Bonchev–Trinajstić information content (AvgIpc) is 2.82. The normalized spacial score (nSPS) is 10.6. The molecule has 0 spiro atoms. The lowest BCUT2D eigenvalue weighted by atomic mass is 10.1. The van der Waals surface area contributed by atoms with E-state index in [4.69, 9.17) is 21.1 Å². The van der Waals surface area contributed by atoms with Crippen molar-refractivity contribution in [2.24, 2.45) is 0 Å².